The van der Waals surface area contributed by atoms with Gasteiger partial charge in [0.1, 0.15) is 12.7 Å². The van der Waals surface area contributed by atoms with Crippen LogP contribution in [0.4, 0.5) is 0 Å². The Hall–Kier alpha value is -1.79. The summed E-state index contributed by atoms with van der Waals surface area (Å²) in [6.07, 6.45) is 0.0178. The van der Waals surface area contributed by atoms with Crippen molar-refractivity contribution >= 4 is 6.41 Å². The third-order valence-corrected chi connectivity index (χ3v) is 2.41. The maximum absolute atomic E-state index is 10.0. The maximum atomic E-state index is 10.0. The number of aliphatic hydroxyl groups is 1. The zero-order valence-electron chi connectivity index (χ0n) is 11.0. The van der Waals surface area contributed by atoms with Crippen molar-refractivity contribution in [1.29, 1.82) is 0 Å². The Bertz CT molecular complexity index is 373. The molecule has 0 aliphatic rings. The number of ether oxygens (including phenoxy) is 2. The van der Waals surface area contributed by atoms with Crippen molar-refractivity contribution in [1.82, 2.24) is 10.6 Å². The summed E-state index contributed by atoms with van der Waals surface area (Å²) in [6, 6.07) is 7.27. The number of rotatable bonds is 10. The van der Waals surface area contributed by atoms with Crippen LogP contribution in [0.25, 0.3) is 0 Å². The zero-order chi connectivity index (χ0) is 13.9. The van der Waals surface area contributed by atoms with Gasteiger partial charge in [-0.05, 0) is 12.1 Å². The SMILES string of the molecule is COc1ccccc1OCC(O)CNCCNC=O. The fraction of sp³-hybridized carbons (Fsp3) is 0.462. The molecule has 0 saturated carbocycles. The van der Waals surface area contributed by atoms with Crippen LogP contribution in [0.3, 0.4) is 0 Å². The minimum atomic E-state index is -0.624. The minimum absolute atomic E-state index is 0.175. The molecule has 1 amide bonds. The topological polar surface area (TPSA) is 79.8 Å². The predicted octanol–water partition coefficient (Wildman–Crippen LogP) is -0.229. The van der Waals surface area contributed by atoms with Crippen LogP contribution in [0.15, 0.2) is 24.3 Å². The summed E-state index contributed by atoms with van der Waals surface area (Å²) in [6.45, 7) is 1.71. The lowest BCUT2D eigenvalue weighted by molar-refractivity contribution is -0.109. The van der Waals surface area contributed by atoms with Crippen molar-refractivity contribution in [2.45, 2.75) is 6.10 Å². The summed E-state index contributed by atoms with van der Waals surface area (Å²) in [5.41, 5.74) is 0. The van der Waals surface area contributed by atoms with E-state index in [4.69, 9.17) is 9.47 Å². The first kappa shape index (κ1) is 15.3. The highest BCUT2D eigenvalue weighted by atomic mass is 16.5. The van der Waals surface area contributed by atoms with Crippen molar-refractivity contribution in [3.05, 3.63) is 24.3 Å². The lowest BCUT2D eigenvalue weighted by Gasteiger charge is -2.14. The molecule has 0 aliphatic carbocycles. The van der Waals surface area contributed by atoms with Crippen LogP contribution in [-0.2, 0) is 4.79 Å². The van der Waals surface area contributed by atoms with E-state index < -0.39 is 6.10 Å². The van der Waals surface area contributed by atoms with E-state index in [-0.39, 0.29) is 6.61 Å². The van der Waals surface area contributed by atoms with Gasteiger partial charge < -0.3 is 25.2 Å². The normalized spacial score (nSPS) is 11.7. The summed E-state index contributed by atoms with van der Waals surface area (Å²) in [4.78, 5) is 10.0. The molecule has 0 radical (unpaired) electrons. The lowest BCUT2D eigenvalue weighted by Crippen LogP contribution is -2.35. The molecule has 0 aromatic heterocycles. The van der Waals surface area contributed by atoms with Crippen LogP contribution in [-0.4, -0.2) is 51.0 Å². The first-order valence-corrected chi connectivity index (χ1v) is 6.09. The fourth-order valence-electron chi connectivity index (χ4n) is 1.47. The van der Waals surface area contributed by atoms with Gasteiger partial charge in [0.15, 0.2) is 11.5 Å². The zero-order valence-corrected chi connectivity index (χ0v) is 11.0. The third kappa shape index (κ3) is 6.08. The molecular formula is C13H20N2O4. The molecule has 1 unspecified atom stereocenters. The quantitative estimate of drug-likeness (QED) is 0.403. The summed E-state index contributed by atoms with van der Waals surface area (Å²) in [7, 11) is 1.57. The molecule has 1 aromatic rings. The van der Waals surface area contributed by atoms with Gasteiger partial charge in [-0.1, -0.05) is 12.1 Å². The van der Waals surface area contributed by atoms with E-state index in [1.54, 1.807) is 19.2 Å². The van der Waals surface area contributed by atoms with E-state index in [2.05, 4.69) is 10.6 Å². The Morgan fingerprint density at radius 3 is 2.74 bits per heavy atom. The molecule has 1 aromatic carbocycles. The van der Waals surface area contributed by atoms with Gasteiger partial charge in [-0.25, -0.2) is 0 Å². The fourth-order valence-corrected chi connectivity index (χ4v) is 1.47. The number of hydrogen-bond acceptors (Lipinski definition) is 5. The predicted molar refractivity (Wildman–Crippen MR) is 71.4 cm³/mol. The van der Waals surface area contributed by atoms with Crippen molar-refractivity contribution < 1.29 is 19.4 Å². The van der Waals surface area contributed by atoms with E-state index in [9.17, 15) is 9.90 Å². The van der Waals surface area contributed by atoms with Gasteiger partial charge in [0.25, 0.3) is 0 Å². The third-order valence-electron chi connectivity index (χ3n) is 2.41. The average molecular weight is 268 g/mol. The molecule has 106 valence electrons. The summed E-state index contributed by atoms with van der Waals surface area (Å²) in [5.74, 6) is 1.24. The highest BCUT2D eigenvalue weighted by Crippen LogP contribution is 2.25. The van der Waals surface area contributed by atoms with Crippen LogP contribution in [0, 0.1) is 0 Å². The molecule has 19 heavy (non-hydrogen) atoms. The minimum Gasteiger partial charge on any atom is -0.493 e. The van der Waals surface area contributed by atoms with Crippen molar-refractivity contribution in [2.75, 3.05) is 33.4 Å². The molecule has 0 bridgehead atoms. The molecule has 1 rings (SSSR count). The molecule has 0 fully saturated rings. The van der Waals surface area contributed by atoms with Crippen LogP contribution in [0.5, 0.6) is 11.5 Å². The van der Waals surface area contributed by atoms with Gasteiger partial charge in [0, 0.05) is 19.6 Å². The summed E-state index contributed by atoms with van der Waals surface area (Å²) < 4.78 is 10.6. The average Bonchev–Trinajstić information content (AvgIpc) is 2.45. The van der Waals surface area contributed by atoms with Crippen molar-refractivity contribution in [2.24, 2.45) is 0 Å². The van der Waals surface area contributed by atoms with E-state index in [0.717, 1.165) is 0 Å². The highest BCUT2D eigenvalue weighted by Gasteiger charge is 2.07. The molecule has 6 heteroatoms. The van der Waals surface area contributed by atoms with E-state index in [1.807, 2.05) is 12.1 Å². The van der Waals surface area contributed by atoms with Gasteiger partial charge >= 0.3 is 0 Å². The number of carbonyl (C=O) groups is 1. The largest absolute Gasteiger partial charge is 0.493 e. The number of hydrogen-bond donors (Lipinski definition) is 3. The smallest absolute Gasteiger partial charge is 0.207 e. The molecular weight excluding hydrogens is 248 g/mol. The number of para-hydroxylation sites is 2. The molecule has 1 atom stereocenters. The summed E-state index contributed by atoms with van der Waals surface area (Å²) in [5, 5.41) is 15.2. The van der Waals surface area contributed by atoms with Crippen LogP contribution < -0.4 is 20.1 Å². The Kier molecular flexibility index (Phi) is 7.38. The number of nitrogens with one attached hydrogen (secondary N) is 2. The van der Waals surface area contributed by atoms with Crippen molar-refractivity contribution in [3.63, 3.8) is 0 Å². The Morgan fingerprint density at radius 2 is 2.05 bits per heavy atom. The molecule has 3 N–H and O–H groups in total. The van der Waals surface area contributed by atoms with Crippen LogP contribution >= 0.6 is 0 Å². The Balaban J connectivity index is 2.22. The molecule has 0 spiro atoms. The molecule has 6 nitrogen and oxygen atoms in total. The van der Waals surface area contributed by atoms with E-state index in [1.165, 1.54) is 0 Å². The summed E-state index contributed by atoms with van der Waals surface area (Å²) >= 11 is 0. The van der Waals surface area contributed by atoms with Gasteiger partial charge in [-0.3, -0.25) is 4.79 Å². The monoisotopic (exact) mass is 268 g/mol. The Labute approximate surface area is 112 Å². The second kappa shape index (κ2) is 9.18. The standard InChI is InChI=1S/C13H20N2O4/c1-18-12-4-2-3-5-13(12)19-9-11(17)8-14-6-7-15-10-16/h2-5,10-11,14,17H,6-9H2,1H3,(H,15,16). The number of benzene rings is 1. The second-order valence-electron chi connectivity index (χ2n) is 3.89. The first-order chi connectivity index (χ1) is 9.27. The van der Waals surface area contributed by atoms with Crippen LogP contribution in [0.1, 0.15) is 0 Å². The highest BCUT2D eigenvalue weighted by molar-refractivity contribution is 5.45. The number of carbonyl (C=O) groups excluding carboxylic acids is 1. The second-order valence-corrected chi connectivity index (χ2v) is 3.89. The maximum Gasteiger partial charge on any atom is 0.207 e. The molecule has 0 aliphatic heterocycles. The van der Waals surface area contributed by atoms with Gasteiger partial charge in [-0.2, -0.15) is 0 Å². The molecule has 0 heterocycles. The lowest BCUT2D eigenvalue weighted by atomic mass is 10.3. The van der Waals surface area contributed by atoms with Gasteiger partial charge in [0.05, 0.1) is 7.11 Å². The number of amides is 1. The van der Waals surface area contributed by atoms with Gasteiger partial charge in [0.2, 0.25) is 6.41 Å². The van der Waals surface area contributed by atoms with E-state index >= 15 is 0 Å². The van der Waals surface area contributed by atoms with Crippen LogP contribution in [0.2, 0.25) is 0 Å². The van der Waals surface area contributed by atoms with E-state index in [0.29, 0.717) is 37.5 Å². The Morgan fingerprint density at radius 1 is 1.32 bits per heavy atom. The number of methoxy groups -OCH3 is 1. The van der Waals surface area contributed by atoms with Crippen molar-refractivity contribution in [3.8, 4) is 11.5 Å². The first-order valence-electron chi connectivity index (χ1n) is 6.09. The number of aliphatic hydroxyl groups excluding tert-OH is 1. The molecule has 0 saturated heterocycles. The van der Waals surface area contributed by atoms with Gasteiger partial charge in [-0.15, -0.1) is 0 Å².